The predicted molar refractivity (Wildman–Crippen MR) is 67.5 cm³/mol. The Kier molecular flexibility index (Phi) is 6.27. The van der Waals surface area contributed by atoms with Crippen molar-refractivity contribution in [1.29, 1.82) is 0 Å². The van der Waals surface area contributed by atoms with Gasteiger partial charge in [0, 0.05) is 12.6 Å². The summed E-state index contributed by atoms with van der Waals surface area (Å²) in [5.41, 5.74) is 0. The first kappa shape index (κ1) is 13.3. The summed E-state index contributed by atoms with van der Waals surface area (Å²) in [6, 6.07) is 0.399. The Hall–Kier alpha value is -0.730. The van der Waals surface area contributed by atoms with E-state index >= 15 is 0 Å². The van der Waals surface area contributed by atoms with E-state index in [2.05, 4.69) is 24.5 Å². The Bertz CT molecular complexity index is 206. The van der Waals surface area contributed by atoms with Gasteiger partial charge < -0.3 is 10.6 Å². The molecule has 2 amide bonds. The topological polar surface area (TPSA) is 41.1 Å². The van der Waals surface area contributed by atoms with Crippen LogP contribution in [0, 0.1) is 5.92 Å². The van der Waals surface area contributed by atoms with E-state index in [-0.39, 0.29) is 6.03 Å². The summed E-state index contributed by atoms with van der Waals surface area (Å²) in [5, 5.41) is 6.04. The molecule has 0 heterocycles. The second-order valence-electron chi connectivity index (χ2n) is 4.98. The van der Waals surface area contributed by atoms with E-state index in [9.17, 15) is 4.79 Å². The first-order valence-electron chi connectivity index (χ1n) is 6.78. The van der Waals surface area contributed by atoms with E-state index in [1.54, 1.807) is 0 Å². The number of hydrogen-bond donors (Lipinski definition) is 2. The van der Waals surface area contributed by atoms with Gasteiger partial charge in [-0.15, -0.1) is 0 Å². The lowest BCUT2D eigenvalue weighted by molar-refractivity contribution is 0.230. The first-order chi connectivity index (χ1) is 7.74. The van der Waals surface area contributed by atoms with Gasteiger partial charge in [0.15, 0.2) is 0 Å². The number of carbonyl (C=O) groups is 1. The second kappa shape index (κ2) is 7.53. The minimum Gasteiger partial charge on any atom is -0.338 e. The molecule has 0 aromatic carbocycles. The Balaban J connectivity index is 2.25. The summed E-state index contributed by atoms with van der Waals surface area (Å²) < 4.78 is 0. The van der Waals surface area contributed by atoms with Crippen molar-refractivity contribution in [2.24, 2.45) is 5.92 Å². The number of carbonyl (C=O) groups excluding carboxylic acids is 1. The molecule has 16 heavy (non-hydrogen) atoms. The van der Waals surface area contributed by atoms with Gasteiger partial charge in [0.1, 0.15) is 0 Å². The largest absolute Gasteiger partial charge is 0.338 e. The summed E-state index contributed by atoms with van der Waals surface area (Å²) in [6.45, 7) is 5.18. The molecule has 3 nitrogen and oxygen atoms in total. The Morgan fingerprint density at radius 2 is 2.00 bits per heavy atom. The Morgan fingerprint density at radius 3 is 2.75 bits per heavy atom. The second-order valence-corrected chi connectivity index (χ2v) is 4.98. The summed E-state index contributed by atoms with van der Waals surface area (Å²) in [7, 11) is 0. The number of hydrogen-bond acceptors (Lipinski definition) is 1. The fourth-order valence-electron chi connectivity index (χ4n) is 2.31. The fourth-order valence-corrected chi connectivity index (χ4v) is 2.31. The molecule has 2 N–H and O–H groups in total. The molecule has 0 aromatic rings. The minimum absolute atomic E-state index is 0.0206. The van der Waals surface area contributed by atoms with E-state index in [1.807, 2.05) is 0 Å². The highest BCUT2D eigenvalue weighted by atomic mass is 16.2. The third-order valence-electron chi connectivity index (χ3n) is 3.49. The average Bonchev–Trinajstić information content (AvgIpc) is 2.45. The van der Waals surface area contributed by atoms with Gasteiger partial charge in [0.05, 0.1) is 0 Å². The quantitative estimate of drug-likeness (QED) is 0.561. The van der Waals surface area contributed by atoms with Crippen LogP contribution in [-0.2, 0) is 0 Å². The van der Waals surface area contributed by atoms with Crippen LogP contribution in [-0.4, -0.2) is 18.6 Å². The van der Waals surface area contributed by atoms with Crippen LogP contribution in [0.2, 0.25) is 0 Å². The van der Waals surface area contributed by atoms with Crippen LogP contribution in [0.1, 0.15) is 58.8 Å². The maximum absolute atomic E-state index is 11.6. The molecule has 2 unspecified atom stereocenters. The maximum atomic E-state index is 11.6. The van der Waals surface area contributed by atoms with E-state index in [1.165, 1.54) is 25.7 Å². The van der Waals surface area contributed by atoms with Crippen molar-refractivity contribution in [3.05, 3.63) is 0 Å². The summed E-state index contributed by atoms with van der Waals surface area (Å²) in [5.74, 6) is 0.624. The zero-order chi connectivity index (χ0) is 11.8. The lowest BCUT2D eigenvalue weighted by Crippen LogP contribution is -2.44. The van der Waals surface area contributed by atoms with Crippen molar-refractivity contribution in [3.8, 4) is 0 Å². The molecule has 0 bridgehead atoms. The molecule has 1 saturated carbocycles. The zero-order valence-electron chi connectivity index (χ0n) is 10.7. The smallest absolute Gasteiger partial charge is 0.315 e. The van der Waals surface area contributed by atoms with Gasteiger partial charge >= 0.3 is 6.03 Å². The molecule has 0 aliphatic heterocycles. The van der Waals surface area contributed by atoms with Crippen LogP contribution in [0.25, 0.3) is 0 Å². The molecule has 0 saturated heterocycles. The van der Waals surface area contributed by atoms with E-state index in [0.717, 1.165) is 25.8 Å². The summed E-state index contributed by atoms with van der Waals surface area (Å²) in [6.07, 6.45) is 8.47. The Morgan fingerprint density at radius 1 is 1.25 bits per heavy atom. The number of nitrogens with one attached hydrogen (secondary N) is 2. The fraction of sp³-hybridized carbons (Fsp3) is 0.923. The third-order valence-corrected chi connectivity index (χ3v) is 3.49. The van der Waals surface area contributed by atoms with Gasteiger partial charge in [-0.05, 0) is 25.2 Å². The van der Waals surface area contributed by atoms with Gasteiger partial charge in [-0.2, -0.15) is 0 Å². The summed E-state index contributed by atoms with van der Waals surface area (Å²) in [4.78, 5) is 11.6. The van der Waals surface area contributed by atoms with Crippen LogP contribution in [0.4, 0.5) is 4.79 Å². The maximum Gasteiger partial charge on any atom is 0.315 e. The average molecular weight is 226 g/mol. The van der Waals surface area contributed by atoms with Crippen LogP contribution < -0.4 is 10.6 Å². The van der Waals surface area contributed by atoms with Gasteiger partial charge in [0.25, 0.3) is 0 Å². The molecule has 1 aliphatic rings. The SMILES string of the molecule is CCCCNC(=O)NC1CCCCCC1C. The van der Waals surface area contributed by atoms with Crippen molar-refractivity contribution in [2.75, 3.05) is 6.54 Å². The van der Waals surface area contributed by atoms with E-state index in [0.29, 0.717) is 12.0 Å². The van der Waals surface area contributed by atoms with Gasteiger partial charge in [-0.1, -0.05) is 39.5 Å². The molecule has 1 aliphatic carbocycles. The molecule has 3 heteroatoms. The number of unbranched alkanes of at least 4 members (excludes halogenated alkanes) is 1. The van der Waals surface area contributed by atoms with Gasteiger partial charge in [-0.3, -0.25) is 0 Å². The molecule has 2 atom stereocenters. The summed E-state index contributed by atoms with van der Waals surface area (Å²) >= 11 is 0. The number of rotatable bonds is 4. The van der Waals surface area contributed by atoms with Crippen molar-refractivity contribution in [2.45, 2.75) is 64.8 Å². The molecule has 1 fully saturated rings. The molecule has 94 valence electrons. The van der Waals surface area contributed by atoms with E-state index in [4.69, 9.17) is 0 Å². The number of amides is 2. The highest BCUT2D eigenvalue weighted by Gasteiger charge is 2.21. The minimum atomic E-state index is 0.0206. The van der Waals surface area contributed by atoms with Crippen LogP contribution in [0.5, 0.6) is 0 Å². The lowest BCUT2D eigenvalue weighted by Gasteiger charge is -2.22. The van der Waals surface area contributed by atoms with Crippen molar-refractivity contribution < 1.29 is 4.79 Å². The molecular formula is C13H26N2O. The van der Waals surface area contributed by atoms with Crippen LogP contribution >= 0.6 is 0 Å². The van der Waals surface area contributed by atoms with Crippen molar-refractivity contribution >= 4 is 6.03 Å². The normalized spacial score (nSPS) is 25.9. The van der Waals surface area contributed by atoms with Crippen molar-refractivity contribution in [1.82, 2.24) is 10.6 Å². The molecule has 0 spiro atoms. The molecule has 1 rings (SSSR count). The standard InChI is InChI=1S/C13H26N2O/c1-3-4-10-14-13(16)15-12-9-7-5-6-8-11(12)2/h11-12H,3-10H2,1-2H3,(H2,14,15,16). The molecule has 0 radical (unpaired) electrons. The lowest BCUT2D eigenvalue weighted by atomic mass is 9.97. The first-order valence-corrected chi connectivity index (χ1v) is 6.78. The van der Waals surface area contributed by atoms with E-state index < -0.39 is 0 Å². The predicted octanol–water partition coefficient (Wildman–Crippen LogP) is 3.05. The van der Waals surface area contributed by atoms with Gasteiger partial charge in [0.2, 0.25) is 0 Å². The number of urea groups is 1. The monoisotopic (exact) mass is 226 g/mol. The van der Waals surface area contributed by atoms with Crippen molar-refractivity contribution in [3.63, 3.8) is 0 Å². The third kappa shape index (κ3) is 4.86. The van der Waals surface area contributed by atoms with Crippen LogP contribution in [0.3, 0.4) is 0 Å². The molecule has 0 aromatic heterocycles. The van der Waals surface area contributed by atoms with Crippen LogP contribution in [0.15, 0.2) is 0 Å². The Labute approximate surface area is 99.4 Å². The highest BCUT2D eigenvalue weighted by Crippen LogP contribution is 2.22. The molecular weight excluding hydrogens is 200 g/mol. The zero-order valence-corrected chi connectivity index (χ0v) is 10.7. The van der Waals surface area contributed by atoms with Gasteiger partial charge in [-0.25, -0.2) is 4.79 Å². The highest BCUT2D eigenvalue weighted by molar-refractivity contribution is 5.74.